The zero-order valence-electron chi connectivity index (χ0n) is 26.9. The molecule has 1 aromatic heterocycles. The maximum atomic E-state index is 14.4. The average molecular weight is 637 g/mol. The van der Waals surface area contributed by atoms with E-state index in [2.05, 4.69) is 22.2 Å². The number of nitrogens with one attached hydrogen (secondary N) is 2. The molecular weight excluding hydrogens is 592 g/mol. The van der Waals surface area contributed by atoms with Crippen LogP contribution in [0.15, 0.2) is 43.1 Å². The van der Waals surface area contributed by atoms with E-state index in [4.69, 9.17) is 14.2 Å². The molecule has 0 radical (unpaired) electrons. The minimum Gasteiger partial charge on any atom is -0.497 e. The number of hydrogen-bond acceptors (Lipinski definition) is 8. The summed E-state index contributed by atoms with van der Waals surface area (Å²) in [5.41, 5.74) is -2.24. The number of aliphatic carboxylic acids is 1. The van der Waals surface area contributed by atoms with Crippen molar-refractivity contribution in [3.05, 3.63) is 43.1 Å². The standard InChI is InChI=1S/C34H44N4O8/c1-6-22-18-34(22,31(41)42)37-28(39)26-17-24(45-29-25-13-12-23(44-5)16-21(25)14-15-35-29)19-38(26)30(40)27(20-10-8-7-9-11-20)36-32(43)46-33(2,3)4/h6,12-16,20,22,24,26-27H,1,7-11,17-19H2,2-5H3,(H,36,43)(H,37,39)(H,41,42). The van der Waals surface area contributed by atoms with Crippen LogP contribution in [0.25, 0.3) is 10.8 Å². The fraction of sp³-hybridized carbons (Fsp3) is 0.559. The Hall–Kier alpha value is -4.35. The third-order valence-electron chi connectivity index (χ3n) is 9.15. The van der Waals surface area contributed by atoms with Crippen LogP contribution >= 0.6 is 0 Å². The van der Waals surface area contributed by atoms with Crippen LogP contribution in [0.1, 0.15) is 65.7 Å². The second kappa shape index (κ2) is 13.2. The Morgan fingerprint density at radius 2 is 1.89 bits per heavy atom. The van der Waals surface area contributed by atoms with Crippen LogP contribution in [0, 0.1) is 11.8 Å². The summed E-state index contributed by atoms with van der Waals surface area (Å²) < 4.78 is 17.2. The quantitative estimate of drug-likeness (QED) is 0.325. The number of hydrogen-bond donors (Lipinski definition) is 3. The minimum absolute atomic E-state index is 0.0370. The van der Waals surface area contributed by atoms with Crippen molar-refractivity contribution in [1.82, 2.24) is 20.5 Å². The molecule has 2 saturated carbocycles. The van der Waals surface area contributed by atoms with Gasteiger partial charge in [0.15, 0.2) is 0 Å². The molecule has 1 aromatic carbocycles. The van der Waals surface area contributed by atoms with E-state index < -0.39 is 59.1 Å². The molecule has 1 aliphatic heterocycles. The fourth-order valence-corrected chi connectivity index (χ4v) is 6.66. The number of alkyl carbamates (subject to hydrolysis) is 1. The molecule has 0 bridgehead atoms. The van der Waals surface area contributed by atoms with Crippen molar-refractivity contribution in [2.45, 2.75) is 95.0 Å². The maximum Gasteiger partial charge on any atom is 0.408 e. The van der Waals surface area contributed by atoms with Gasteiger partial charge in [0.05, 0.1) is 13.7 Å². The number of benzene rings is 1. The van der Waals surface area contributed by atoms with Gasteiger partial charge >= 0.3 is 12.1 Å². The second-order valence-corrected chi connectivity index (χ2v) is 13.5. The molecule has 12 heteroatoms. The molecule has 2 aromatic rings. The van der Waals surface area contributed by atoms with Crippen LogP contribution in [-0.2, 0) is 19.1 Å². The highest BCUT2D eigenvalue weighted by Crippen LogP contribution is 2.45. The Morgan fingerprint density at radius 1 is 1.15 bits per heavy atom. The van der Waals surface area contributed by atoms with E-state index in [0.717, 1.165) is 42.9 Å². The molecule has 12 nitrogen and oxygen atoms in total. The van der Waals surface area contributed by atoms with Gasteiger partial charge in [0, 0.05) is 23.9 Å². The zero-order valence-corrected chi connectivity index (χ0v) is 26.9. The molecule has 46 heavy (non-hydrogen) atoms. The number of amides is 3. The molecule has 248 valence electrons. The van der Waals surface area contributed by atoms with Gasteiger partial charge in [0.2, 0.25) is 17.7 Å². The average Bonchev–Trinajstić information content (AvgIpc) is 3.58. The Kier molecular flexibility index (Phi) is 9.46. The summed E-state index contributed by atoms with van der Waals surface area (Å²) in [5.74, 6) is -1.74. The molecule has 3 fully saturated rings. The van der Waals surface area contributed by atoms with E-state index in [1.807, 2.05) is 18.2 Å². The predicted molar refractivity (Wildman–Crippen MR) is 169 cm³/mol. The van der Waals surface area contributed by atoms with Crippen molar-refractivity contribution in [1.29, 1.82) is 0 Å². The lowest BCUT2D eigenvalue weighted by Crippen LogP contribution is -2.58. The largest absolute Gasteiger partial charge is 0.497 e. The fourth-order valence-electron chi connectivity index (χ4n) is 6.66. The normalized spacial score (nSPS) is 25.3. The number of likely N-dealkylation sites (tertiary alicyclic amines) is 1. The van der Waals surface area contributed by atoms with Gasteiger partial charge in [-0.3, -0.25) is 9.59 Å². The van der Waals surface area contributed by atoms with Crippen LogP contribution < -0.4 is 20.1 Å². The highest BCUT2D eigenvalue weighted by Gasteiger charge is 2.61. The van der Waals surface area contributed by atoms with Crippen molar-refractivity contribution in [2.24, 2.45) is 11.8 Å². The number of carboxylic acids is 1. The van der Waals surface area contributed by atoms with Crippen LogP contribution in [-0.4, -0.2) is 81.8 Å². The number of ether oxygens (including phenoxy) is 3. The summed E-state index contributed by atoms with van der Waals surface area (Å²) >= 11 is 0. The third kappa shape index (κ3) is 7.05. The summed E-state index contributed by atoms with van der Waals surface area (Å²) in [7, 11) is 1.58. The minimum atomic E-state index is -1.47. The molecule has 5 unspecified atom stereocenters. The molecule has 3 amide bonds. The molecule has 1 saturated heterocycles. The molecule has 0 spiro atoms. The number of carbonyl (C=O) groups excluding carboxylic acids is 3. The predicted octanol–water partition coefficient (Wildman–Crippen LogP) is 4.21. The summed E-state index contributed by atoms with van der Waals surface area (Å²) in [6, 6.07) is 5.36. The van der Waals surface area contributed by atoms with Crippen LogP contribution in [0.3, 0.4) is 0 Å². The van der Waals surface area contributed by atoms with Gasteiger partial charge in [-0.1, -0.05) is 25.3 Å². The first kappa shape index (κ1) is 33.0. The van der Waals surface area contributed by atoms with Crippen molar-refractivity contribution >= 4 is 34.6 Å². The van der Waals surface area contributed by atoms with E-state index in [9.17, 15) is 24.3 Å². The van der Waals surface area contributed by atoms with Gasteiger partial charge in [-0.15, -0.1) is 6.58 Å². The second-order valence-electron chi connectivity index (χ2n) is 13.5. The van der Waals surface area contributed by atoms with Crippen molar-refractivity contribution in [2.75, 3.05) is 13.7 Å². The maximum absolute atomic E-state index is 14.4. The highest BCUT2D eigenvalue weighted by atomic mass is 16.6. The van der Waals surface area contributed by atoms with Gasteiger partial charge in [0.1, 0.15) is 35.1 Å². The van der Waals surface area contributed by atoms with Crippen molar-refractivity contribution < 1.29 is 38.5 Å². The summed E-state index contributed by atoms with van der Waals surface area (Å²) in [5, 5.41) is 17.1. The number of fused-ring (bicyclic) bond motifs is 1. The molecule has 2 aliphatic carbocycles. The molecule has 5 rings (SSSR count). The zero-order chi connectivity index (χ0) is 33.2. The van der Waals surface area contributed by atoms with E-state index in [0.29, 0.717) is 11.6 Å². The summed E-state index contributed by atoms with van der Waals surface area (Å²) in [6.07, 6.45) is 6.46. The Labute approximate surface area is 268 Å². The lowest BCUT2D eigenvalue weighted by Gasteiger charge is -2.35. The van der Waals surface area contributed by atoms with Crippen molar-refractivity contribution in [3.8, 4) is 11.6 Å². The molecular formula is C34H44N4O8. The number of carbonyl (C=O) groups is 4. The van der Waals surface area contributed by atoms with Gasteiger partial charge < -0.3 is 34.9 Å². The van der Waals surface area contributed by atoms with E-state index in [1.165, 1.54) is 11.0 Å². The number of aromatic nitrogens is 1. The van der Waals surface area contributed by atoms with Crippen LogP contribution in [0.4, 0.5) is 4.79 Å². The molecule has 3 N–H and O–H groups in total. The SMILES string of the molecule is C=CC1CC1(NC(=O)C1CC(Oc2nccc3cc(OC)ccc23)CN1C(=O)C(NC(=O)OC(C)(C)C)C1CCCCC1)C(=O)O. The Balaban J connectivity index is 1.44. The lowest BCUT2D eigenvalue weighted by molar-refractivity contribution is -0.146. The summed E-state index contributed by atoms with van der Waals surface area (Å²) in [4.78, 5) is 59.3. The number of nitrogens with zero attached hydrogens (tertiary/aromatic N) is 2. The number of carboxylic acid groups (broad SMARTS) is 1. The third-order valence-corrected chi connectivity index (χ3v) is 9.15. The van der Waals surface area contributed by atoms with Crippen LogP contribution in [0.2, 0.25) is 0 Å². The Morgan fingerprint density at radius 3 is 2.52 bits per heavy atom. The first-order valence-electron chi connectivity index (χ1n) is 15.9. The molecule has 2 heterocycles. The Bertz CT molecular complexity index is 1500. The van der Waals surface area contributed by atoms with Gasteiger partial charge in [0.25, 0.3) is 0 Å². The number of methoxy groups -OCH3 is 1. The first-order valence-corrected chi connectivity index (χ1v) is 15.9. The van der Waals surface area contributed by atoms with Crippen molar-refractivity contribution in [3.63, 3.8) is 0 Å². The van der Waals surface area contributed by atoms with Gasteiger partial charge in [-0.25, -0.2) is 14.6 Å². The smallest absolute Gasteiger partial charge is 0.408 e. The molecule has 5 atom stereocenters. The number of rotatable bonds is 10. The monoisotopic (exact) mass is 636 g/mol. The van der Waals surface area contributed by atoms with Gasteiger partial charge in [-0.05, 0) is 75.6 Å². The lowest BCUT2D eigenvalue weighted by atomic mass is 9.83. The van der Waals surface area contributed by atoms with E-state index >= 15 is 0 Å². The van der Waals surface area contributed by atoms with Crippen LogP contribution in [0.5, 0.6) is 11.6 Å². The molecule has 3 aliphatic rings. The van der Waals surface area contributed by atoms with Gasteiger partial charge in [-0.2, -0.15) is 0 Å². The number of pyridine rings is 1. The van der Waals surface area contributed by atoms with E-state index in [1.54, 1.807) is 40.1 Å². The highest BCUT2D eigenvalue weighted by molar-refractivity contribution is 5.96. The first-order chi connectivity index (χ1) is 21.8. The summed E-state index contributed by atoms with van der Waals surface area (Å²) in [6.45, 7) is 8.98. The van der Waals surface area contributed by atoms with E-state index in [-0.39, 0.29) is 25.3 Å². The topological polar surface area (TPSA) is 156 Å².